The van der Waals surface area contributed by atoms with Gasteiger partial charge in [0, 0.05) is 25.7 Å². The van der Waals surface area contributed by atoms with Crippen LogP contribution < -0.4 is 15.5 Å². The highest BCUT2D eigenvalue weighted by Crippen LogP contribution is 2.19. The van der Waals surface area contributed by atoms with Gasteiger partial charge < -0.3 is 10.2 Å². The second kappa shape index (κ2) is 7.58. The summed E-state index contributed by atoms with van der Waals surface area (Å²) >= 11 is 0. The third-order valence-electron chi connectivity index (χ3n) is 3.87. The maximum absolute atomic E-state index is 11.9. The number of nitrogens with zero attached hydrogens (tertiary/aromatic N) is 3. The lowest BCUT2D eigenvalue weighted by molar-refractivity contribution is 0.252. The molecule has 23 heavy (non-hydrogen) atoms. The monoisotopic (exact) mass is 311 g/mol. The fraction of sp³-hybridized carbons (Fsp3) is 0.353. The molecule has 1 aromatic heterocycles. The Morgan fingerprint density at radius 2 is 1.91 bits per heavy atom. The fourth-order valence-electron chi connectivity index (χ4n) is 2.66. The molecule has 1 saturated heterocycles. The minimum Gasteiger partial charge on any atom is -0.356 e. The SMILES string of the molecule is O=C(NCCc1ccccc1)Nc1cc(N2CCCC2)ncn1. The van der Waals surface area contributed by atoms with E-state index in [1.165, 1.54) is 24.7 Å². The van der Waals surface area contributed by atoms with Gasteiger partial charge in [-0.25, -0.2) is 14.8 Å². The lowest BCUT2D eigenvalue weighted by atomic mass is 10.1. The molecule has 0 spiro atoms. The molecule has 1 fully saturated rings. The zero-order valence-electron chi connectivity index (χ0n) is 13.0. The number of nitrogens with one attached hydrogen (secondary N) is 2. The highest BCUT2D eigenvalue weighted by atomic mass is 16.2. The van der Waals surface area contributed by atoms with Gasteiger partial charge >= 0.3 is 6.03 Å². The highest BCUT2D eigenvalue weighted by molar-refractivity contribution is 5.88. The van der Waals surface area contributed by atoms with E-state index in [1.807, 2.05) is 36.4 Å². The number of aromatic nitrogens is 2. The van der Waals surface area contributed by atoms with E-state index in [0.717, 1.165) is 25.3 Å². The van der Waals surface area contributed by atoms with Crippen LogP contribution in [0, 0.1) is 0 Å². The van der Waals surface area contributed by atoms with E-state index in [2.05, 4.69) is 25.5 Å². The van der Waals surface area contributed by atoms with Gasteiger partial charge in [-0.15, -0.1) is 0 Å². The lowest BCUT2D eigenvalue weighted by Crippen LogP contribution is -2.31. The minimum atomic E-state index is -0.244. The molecule has 0 aliphatic carbocycles. The van der Waals surface area contributed by atoms with Crippen molar-refractivity contribution in [3.05, 3.63) is 48.3 Å². The van der Waals surface area contributed by atoms with Crippen molar-refractivity contribution in [1.29, 1.82) is 0 Å². The number of amides is 2. The summed E-state index contributed by atoms with van der Waals surface area (Å²) in [5, 5.41) is 5.61. The molecule has 2 N–H and O–H groups in total. The van der Waals surface area contributed by atoms with Crippen LogP contribution in [0.1, 0.15) is 18.4 Å². The number of anilines is 2. The summed E-state index contributed by atoms with van der Waals surface area (Å²) in [6, 6.07) is 11.6. The van der Waals surface area contributed by atoms with Crippen molar-refractivity contribution in [3.8, 4) is 0 Å². The zero-order valence-corrected chi connectivity index (χ0v) is 13.0. The maximum atomic E-state index is 11.9. The van der Waals surface area contributed by atoms with Crippen LogP contribution in [0.5, 0.6) is 0 Å². The summed E-state index contributed by atoms with van der Waals surface area (Å²) < 4.78 is 0. The molecular weight excluding hydrogens is 290 g/mol. The third kappa shape index (κ3) is 4.42. The predicted molar refractivity (Wildman–Crippen MR) is 90.6 cm³/mol. The van der Waals surface area contributed by atoms with Gasteiger partial charge in [0.25, 0.3) is 0 Å². The van der Waals surface area contributed by atoms with Gasteiger partial charge in [-0.05, 0) is 24.8 Å². The van der Waals surface area contributed by atoms with Crippen LogP contribution in [0.25, 0.3) is 0 Å². The fourth-order valence-corrected chi connectivity index (χ4v) is 2.66. The van der Waals surface area contributed by atoms with Crippen LogP contribution in [0.15, 0.2) is 42.7 Å². The number of carbonyl (C=O) groups is 1. The first-order valence-corrected chi connectivity index (χ1v) is 7.97. The molecule has 1 aliphatic rings. The third-order valence-corrected chi connectivity index (χ3v) is 3.87. The molecule has 0 radical (unpaired) electrons. The molecule has 1 aliphatic heterocycles. The largest absolute Gasteiger partial charge is 0.356 e. The first kappa shape index (κ1) is 15.3. The van der Waals surface area contributed by atoms with Crippen molar-refractivity contribution in [2.45, 2.75) is 19.3 Å². The Kier molecular flexibility index (Phi) is 5.03. The van der Waals surface area contributed by atoms with Gasteiger partial charge in [0.2, 0.25) is 0 Å². The molecule has 1 aromatic carbocycles. The van der Waals surface area contributed by atoms with Crippen LogP contribution in [0.4, 0.5) is 16.4 Å². The van der Waals surface area contributed by atoms with Crippen LogP contribution in [0.2, 0.25) is 0 Å². The molecule has 0 saturated carbocycles. The van der Waals surface area contributed by atoms with E-state index in [9.17, 15) is 4.79 Å². The second-order valence-electron chi connectivity index (χ2n) is 5.57. The average Bonchev–Trinajstić information content (AvgIpc) is 3.11. The smallest absolute Gasteiger partial charge is 0.320 e. The molecule has 0 unspecified atom stereocenters. The number of benzene rings is 1. The van der Waals surface area contributed by atoms with Crippen LogP contribution in [-0.2, 0) is 6.42 Å². The van der Waals surface area contributed by atoms with E-state index >= 15 is 0 Å². The number of carbonyl (C=O) groups excluding carboxylic acids is 1. The van der Waals surface area contributed by atoms with E-state index in [0.29, 0.717) is 12.4 Å². The molecule has 2 aromatic rings. The molecule has 0 bridgehead atoms. The van der Waals surface area contributed by atoms with Gasteiger partial charge in [0.05, 0.1) is 0 Å². The van der Waals surface area contributed by atoms with Crippen molar-refractivity contribution in [3.63, 3.8) is 0 Å². The van der Waals surface area contributed by atoms with Crippen molar-refractivity contribution in [2.75, 3.05) is 29.9 Å². The molecule has 2 amide bonds. The van der Waals surface area contributed by atoms with Crippen molar-refractivity contribution in [2.24, 2.45) is 0 Å². The zero-order chi connectivity index (χ0) is 15.9. The maximum Gasteiger partial charge on any atom is 0.320 e. The van der Waals surface area contributed by atoms with Crippen LogP contribution >= 0.6 is 0 Å². The van der Waals surface area contributed by atoms with Gasteiger partial charge in [-0.1, -0.05) is 30.3 Å². The quantitative estimate of drug-likeness (QED) is 0.890. The lowest BCUT2D eigenvalue weighted by Gasteiger charge is -2.16. The highest BCUT2D eigenvalue weighted by Gasteiger charge is 2.14. The Balaban J connectivity index is 1.48. The predicted octanol–water partition coefficient (Wildman–Crippen LogP) is 2.44. The summed E-state index contributed by atoms with van der Waals surface area (Å²) in [5.74, 6) is 1.40. The molecular formula is C17H21N5O. The van der Waals surface area contributed by atoms with Crippen molar-refractivity contribution in [1.82, 2.24) is 15.3 Å². The van der Waals surface area contributed by atoms with E-state index in [-0.39, 0.29) is 6.03 Å². The number of hydrogen-bond donors (Lipinski definition) is 2. The van der Waals surface area contributed by atoms with Gasteiger partial charge in [-0.2, -0.15) is 0 Å². The normalized spacial score (nSPS) is 13.8. The Morgan fingerprint density at radius 3 is 2.70 bits per heavy atom. The van der Waals surface area contributed by atoms with Gasteiger partial charge in [0.1, 0.15) is 18.0 Å². The number of rotatable bonds is 5. The molecule has 120 valence electrons. The summed E-state index contributed by atoms with van der Waals surface area (Å²) in [4.78, 5) is 22.5. The van der Waals surface area contributed by atoms with E-state index in [4.69, 9.17) is 0 Å². The number of urea groups is 1. The van der Waals surface area contributed by atoms with Crippen molar-refractivity contribution >= 4 is 17.7 Å². The Hall–Kier alpha value is -2.63. The van der Waals surface area contributed by atoms with Crippen LogP contribution in [0.3, 0.4) is 0 Å². The topological polar surface area (TPSA) is 70.2 Å². The summed E-state index contributed by atoms with van der Waals surface area (Å²) in [5.41, 5.74) is 1.20. The number of hydrogen-bond acceptors (Lipinski definition) is 4. The van der Waals surface area contributed by atoms with Crippen molar-refractivity contribution < 1.29 is 4.79 Å². The molecule has 3 rings (SSSR count). The minimum absolute atomic E-state index is 0.244. The first-order chi connectivity index (χ1) is 11.3. The van der Waals surface area contributed by atoms with Crippen LogP contribution in [-0.4, -0.2) is 35.6 Å². The van der Waals surface area contributed by atoms with Gasteiger partial charge in [-0.3, -0.25) is 5.32 Å². The second-order valence-corrected chi connectivity index (χ2v) is 5.57. The Labute approximate surface area is 135 Å². The standard InChI is InChI=1S/C17H21N5O/c23-17(18-9-8-14-6-2-1-3-7-14)21-15-12-16(20-13-19-15)22-10-4-5-11-22/h1-3,6-7,12-13H,4-5,8-11H2,(H2,18,19,20,21,23). The summed E-state index contributed by atoms with van der Waals surface area (Å²) in [6.45, 7) is 2.61. The molecule has 2 heterocycles. The first-order valence-electron chi connectivity index (χ1n) is 7.97. The molecule has 0 atom stereocenters. The average molecular weight is 311 g/mol. The summed E-state index contributed by atoms with van der Waals surface area (Å²) in [6.07, 6.45) is 4.67. The molecule has 6 heteroatoms. The van der Waals surface area contributed by atoms with E-state index in [1.54, 1.807) is 0 Å². The Morgan fingerprint density at radius 1 is 1.13 bits per heavy atom. The Bertz CT molecular complexity index is 640. The van der Waals surface area contributed by atoms with E-state index < -0.39 is 0 Å². The summed E-state index contributed by atoms with van der Waals surface area (Å²) in [7, 11) is 0. The van der Waals surface area contributed by atoms with Gasteiger partial charge in [0.15, 0.2) is 0 Å². The molecule has 6 nitrogen and oxygen atoms in total.